The molecule has 1 unspecified atom stereocenters. The molecule has 3 rings (SSSR count). The Labute approximate surface area is 146 Å². The first-order valence-corrected chi connectivity index (χ1v) is 8.44. The van der Waals surface area contributed by atoms with E-state index in [-0.39, 0.29) is 23.9 Å². The molecule has 5 heteroatoms. The quantitative estimate of drug-likeness (QED) is 0.877. The summed E-state index contributed by atoms with van der Waals surface area (Å²) in [6.07, 6.45) is 1.76. The summed E-state index contributed by atoms with van der Waals surface area (Å²) in [6.45, 7) is 2.65. The minimum Gasteiger partial charge on any atom is -0.493 e. The van der Waals surface area contributed by atoms with Crippen molar-refractivity contribution in [1.29, 1.82) is 0 Å². The third-order valence-electron chi connectivity index (χ3n) is 4.41. The number of carbonyl (C=O) groups excluding carboxylic acids is 1. The van der Waals surface area contributed by atoms with Gasteiger partial charge in [0.15, 0.2) is 0 Å². The van der Waals surface area contributed by atoms with Crippen LogP contribution in [0.15, 0.2) is 42.5 Å². The first kappa shape index (κ1) is 17.0. The minimum atomic E-state index is -0.993. The van der Waals surface area contributed by atoms with Crippen LogP contribution >= 0.6 is 0 Å². The summed E-state index contributed by atoms with van der Waals surface area (Å²) in [6, 6.07) is 12.4. The summed E-state index contributed by atoms with van der Waals surface area (Å²) in [5.41, 5.74) is 3.03. The van der Waals surface area contributed by atoms with Crippen LogP contribution in [0.2, 0.25) is 0 Å². The molecular weight excluding hydrogens is 318 g/mol. The van der Waals surface area contributed by atoms with Gasteiger partial charge < -0.3 is 15.2 Å². The smallest absolute Gasteiger partial charge is 0.335 e. The van der Waals surface area contributed by atoms with Gasteiger partial charge in [0.2, 0.25) is 5.91 Å². The fourth-order valence-corrected chi connectivity index (χ4v) is 3.16. The minimum absolute atomic E-state index is 0.0783. The number of para-hydroxylation sites is 1. The van der Waals surface area contributed by atoms with Crippen molar-refractivity contribution in [1.82, 2.24) is 5.32 Å². The number of carboxylic acids is 1. The Hall–Kier alpha value is -2.82. The molecule has 2 N–H and O–H groups in total. The summed E-state index contributed by atoms with van der Waals surface area (Å²) >= 11 is 0. The summed E-state index contributed by atoms with van der Waals surface area (Å²) < 4.78 is 5.80. The molecule has 5 nitrogen and oxygen atoms in total. The normalized spacial score (nSPS) is 15.8. The number of hydrogen-bond donors (Lipinski definition) is 2. The Bertz CT molecular complexity index is 800. The number of aryl methyl sites for hydroxylation is 1. The molecule has 1 aliphatic rings. The van der Waals surface area contributed by atoms with Gasteiger partial charge in [-0.05, 0) is 29.7 Å². The number of rotatable bonds is 5. The third-order valence-corrected chi connectivity index (χ3v) is 4.41. The van der Waals surface area contributed by atoms with E-state index in [0.717, 1.165) is 29.7 Å². The molecule has 25 heavy (non-hydrogen) atoms. The van der Waals surface area contributed by atoms with Crippen LogP contribution in [-0.4, -0.2) is 23.6 Å². The van der Waals surface area contributed by atoms with Crippen LogP contribution in [0.1, 0.15) is 46.4 Å². The highest BCUT2D eigenvalue weighted by molar-refractivity contribution is 5.88. The van der Waals surface area contributed by atoms with Crippen molar-refractivity contribution in [2.45, 2.75) is 32.2 Å². The number of hydrogen-bond acceptors (Lipinski definition) is 3. The van der Waals surface area contributed by atoms with Crippen LogP contribution in [0, 0.1) is 0 Å². The highest BCUT2D eigenvalue weighted by atomic mass is 16.5. The van der Waals surface area contributed by atoms with Crippen LogP contribution in [0.5, 0.6) is 5.75 Å². The largest absolute Gasteiger partial charge is 0.493 e. The van der Waals surface area contributed by atoms with Crippen LogP contribution in [0.25, 0.3) is 0 Å². The Morgan fingerprint density at radius 1 is 1.24 bits per heavy atom. The van der Waals surface area contributed by atoms with Gasteiger partial charge >= 0.3 is 5.97 Å². The van der Waals surface area contributed by atoms with E-state index in [1.807, 2.05) is 18.2 Å². The number of nitrogens with one attached hydrogen (secondary N) is 1. The molecule has 0 spiro atoms. The second-order valence-electron chi connectivity index (χ2n) is 6.13. The van der Waals surface area contributed by atoms with Gasteiger partial charge in [-0.25, -0.2) is 4.79 Å². The van der Waals surface area contributed by atoms with Gasteiger partial charge in [0, 0.05) is 12.0 Å². The molecule has 1 atom stereocenters. The maximum absolute atomic E-state index is 12.4. The average Bonchev–Trinajstić information content (AvgIpc) is 2.61. The van der Waals surface area contributed by atoms with E-state index in [9.17, 15) is 9.59 Å². The van der Waals surface area contributed by atoms with Gasteiger partial charge in [0.05, 0.1) is 24.6 Å². The second-order valence-corrected chi connectivity index (χ2v) is 6.13. The average molecular weight is 339 g/mol. The zero-order valence-electron chi connectivity index (χ0n) is 14.1. The Morgan fingerprint density at radius 3 is 2.80 bits per heavy atom. The van der Waals surface area contributed by atoms with Crippen molar-refractivity contribution in [3.05, 3.63) is 64.7 Å². The monoisotopic (exact) mass is 339 g/mol. The Balaban J connectivity index is 1.73. The predicted octanol–water partition coefficient (Wildman–Crippen LogP) is 3.13. The lowest BCUT2D eigenvalue weighted by Gasteiger charge is -2.28. The topological polar surface area (TPSA) is 75.6 Å². The highest BCUT2D eigenvalue weighted by Gasteiger charge is 2.24. The molecule has 1 amide bonds. The first-order valence-electron chi connectivity index (χ1n) is 8.44. The van der Waals surface area contributed by atoms with E-state index in [2.05, 4.69) is 12.2 Å². The van der Waals surface area contributed by atoms with Crippen molar-refractivity contribution in [3.63, 3.8) is 0 Å². The molecule has 0 bridgehead atoms. The molecule has 0 fully saturated rings. The number of amides is 1. The Kier molecular flexibility index (Phi) is 5.03. The van der Waals surface area contributed by atoms with Crippen LogP contribution in [0.4, 0.5) is 0 Å². The van der Waals surface area contributed by atoms with Crippen LogP contribution < -0.4 is 10.1 Å². The van der Waals surface area contributed by atoms with Crippen LogP contribution in [-0.2, 0) is 17.6 Å². The molecule has 2 aromatic rings. The van der Waals surface area contributed by atoms with E-state index in [0.29, 0.717) is 12.2 Å². The van der Waals surface area contributed by atoms with Crippen molar-refractivity contribution >= 4 is 11.9 Å². The maximum Gasteiger partial charge on any atom is 0.335 e. The molecule has 130 valence electrons. The number of ether oxygens (including phenoxy) is 1. The summed E-state index contributed by atoms with van der Waals surface area (Å²) in [5, 5.41) is 12.1. The van der Waals surface area contributed by atoms with E-state index in [1.54, 1.807) is 12.1 Å². The number of carboxylic acid groups (broad SMARTS) is 1. The molecule has 0 aromatic heterocycles. The van der Waals surface area contributed by atoms with Gasteiger partial charge in [-0.3, -0.25) is 4.79 Å². The summed E-state index contributed by atoms with van der Waals surface area (Å²) in [7, 11) is 0. The molecule has 2 aromatic carbocycles. The summed E-state index contributed by atoms with van der Waals surface area (Å²) in [5.74, 6) is -0.232. The number of carbonyl (C=O) groups is 2. The molecule has 1 aliphatic heterocycles. The molecule has 0 saturated heterocycles. The van der Waals surface area contributed by atoms with E-state index < -0.39 is 5.97 Å². The van der Waals surface area contributed by atoms with Gasteiger partial charge in [-0.2, -0.15) is 0 Å². The molecule has 0 radical (unpaired) electrons. The van der Waals surface area contributed by atoms with E-state index in [1.165, 1.54) is 12.1 Å². The molecule has 0 aliphatic carbocycles. The molecular formula is C20H21NO4. The lowest BCUT2D eigenvalue weighted by molar-refractivity contribution is -0.121. The molecule has 1 heterocycles. The van der Waals surface area contributed by atoms with Gasteiger partial charge in [0.25, 0.3) is 0 Å². The fraction of sp³-hybridized carbons (Fsp3) is 0.300. The third kappa shape index (κ3) is 3.82. The second kappa shape index (κ2) is 7.38. The predicted molar refractivity (Wildman–Crippen MR) is 93.9 cm³/mol. The lowest BCUT2D eigenvalue weighted by atomic mass is 9.96. The standard InChI is InChI=1S/C20H21NO4/c1-2-14-6-4-8-16-17(9-10-25-19(14)16)21-18(22)12-13-5-3-7-15(11-13)20(23)24/h3-8,11,17H,2,9-10,12H2,1H3,(H,21,22)(H,23,24). The zero-order valence-corrected chi connectivity index (χ0v) is 14.1. The van der Waals surface area contributed by atoms with Crippen LogP contribution in [0.3, 0.4) is 0 Å². The van der Waals surface area contributed by atoms with Crippen molar-refractivity contribution in [2.75, 3.05) is 6.61 Å². The highest BCUT2D eigenvalue weighted by Crippen LogP contribution is 2.35. The maximum atomic E-state index is 12.4. The first-order chi connectivity index (χ1) is 12.1. The van der Waals surface area contributed by atoms with Gasteiger partial charge in [0.1, 0.15) is 5.75 Å². The Morgan fingerprint density at radius 2 is 2.04 bits per heavy atom. The SMILES string of the molecule is CCc1cccc2c1OCCC2NC(=O)Cc1cccc(C(=O)O)c1. The van der Waals surface area contributed by atoms with Crippen molar-refractivity contribution in [3.8, 4) is 5.75 Å². The van der Waals surface area contributed by atoms with Gasteiger partial charge in [-0.1, -0.05) is 37.3 Å². The van der Waals surface area contributed by atoms with E-state index >= 15 is 0 Å². The van der Waals surface area contributed by atoms with Crippen molar-refractivity contribution < 1.29 is 19.4 Å². The summed E-state index contributed by atoms with van der Waals surface area (Å²) in [4.78, 5) is 23.5. The van der Waals surface area contributed by atoms with Gasteiger partial charge in [-0.15, -0.1) is 0 Å². The zero-order chi connectivity index (χ0) is 17.8. The molecule has 0 saturated carbocycles. The van der Waals surface area contributed by atoms with E-state index in [4.69, 9.17) is 9.84 Å². The fourth-order valence-electron chi connectivity index (χ4n) is 3.16. The van der Waals surface area contributed by atoms with Crippen molar-refractivity contribution in [2.24, 2.45) is 0 Å². The lowest BCUT2D eigenvalue weighted by Crippen LogP contribution is -2.33. The number of fused-ring (bicyclic) bond motifs is 1. The number of aromatic carboxylic acids is 1. The number of benzene rings is 2.